The van der Waals surface area contributed by atoms with Crippen molar-refractivity contribution in [2.75, 3.05) is 0 Å². The van der Waals surface area contributed by atoms with Gasteiger partial charge in [0.15, 0.2) is 0 Å². The van der Waals surface area contributed by atoms with Crippen LogP contribution in [-0.4, -0.2) is 28.4 Å². The molecule has 3 nitrogen and oxygen atoms in total. The molecule has 16 aromatic rings. The molecule has 0 amide bonds. The molecule has 0 atom stereocenters. The zero-order valence-corrected chi connectivity index (χ0v) is 85.1. The number of benzene rings is 15. The van der Waals surface area contributed by atoms with E-state index in [9.17, 15) is 10.0 Å². The molecular formula is C134H143B2NO2. The van der Waals surface area contributed by atoms with Gasteiger partial charge >= 0.3 is 13.8 Å². The molecule has 139 heavy (non-hydrogen) atoms. The van der Waals surface area contributed by atoms with Gasteiger partial charge in [0.2, 0.25) is 0 Å². The molecule has 0 bridgehead atoms. The molecule has 4 aliphatic rings. The van der Waals surface area contributed by atoms with Gasteiger partial charge in [0.05, 0.1) is 11.0 Å². The molecular weight excluding hydrogens is 1680 g/mol. The minimum Gasteiger partial charge on any atom is -0.443 e. The Balaban J connectivity index is 0.629. The van der Waals surface area contributed by atoms with E-state index in [-0.39, 0.29) is 21.7 Å². The average Bonchev–Trinajstić information content (AvgIpc) is 1.57. The Bertz CT molecular complexity index is 6740. The summed E-state index contributed by atoms with van der Waals surface area (Å²) in [6.07, 6.45) is 36.3. The average molecular weight is 1820 g/mol. The third kappa shape index (κ3) is 17.6. The van der Waals surface area contributed by atoms with Crippen LogP contribution in [0.4, 0.5) is 0 Å². The monoisotopic (exact) mass is 1820 g/mol. The Kier molecular flexibility index (Phi) is 27.5. The third-order valence-electron chi connectivity index (χ3n) is 33.6. The van der Waals surface area contributed by atoms with Crippen LogP contribution < -0.4 is 21.9 Å². The van der Waals surface area contributed by atoms with E-state index in [1.807, 2.05) is 78.9 Å². The largest absolute Gasteiger partial charge is 0.443 e. The molecule has 0 unspecified atom stereocenters. The highest BCUT2D eigenvalue weighted by Gasteiger charge is 2.46. The van der Waals surface area contributed by atoms with Gasteiger partial charge in [0, 0.05) is 38.1 Å². The second-order valence-electron chi connectivity index (χ2n) is 43.3. The summed E-state index contributed by atoms with van der Waals surface area (Å²) in [6, 6.07) is 113. The van der Waals surface area contributed by atoms with Gasteiger partial charge in [-0.25, -0.2) is 0 Å². The van der Waals surface area contributed by atoms with E-state index in [4.69, 9.17) is 0 Å². The van der Waals surface area contributed by atoms with Crippen molar-refractivity contribution in [1.29, 1.82) is 0 Å². The maximum absolute atomic E-state index is 12.9. The van der Waals surface area contributed by atoms with Crippen molar-refractivity contribution in [2.45, 2.75) is 285 Å². The summed E-state index contributed by atoms with van der Waals surface area (Å²) in [5, 5.41) is 28.0. The summed E-state index contributed by atoms with van der Waals surface area (Å²) in [6.45, 7) is 26.3. The van der Waals surface area contributed by atoms with Gasteiger partial charge in [-0.15, -0.1) is 0 Å². The number of unbranched alkanes of at least 4 members (excludes halogenated alkanes) is 20. The summed E-state index contributed by atoms with van der Waals surface area (Å²) < 4.78 is 2.34. The maximum atomic E-state index is 12.9. The predicted molar refractivity (Wildman–Crippen MR) is 599 cm³/mol. The second-order valence-corrected chi connectivity index (χ2v) is 43.3. The summed E-state index contributed by atoms with van der Waals surface area (Å²) in [5.74, 6) is 0. The minimum absolute atomic E-state index is 0.0220. The molecule has 702 valence electrons. The van der Waals surface area contributed by atoms with E-state index in [1.165, 1.54) is 324 Å². The first kappa shape index (κ1) is 94.7. The summed E-state index contributed by atoms with van der Waals surface area (Å²) >= 11 is 0. The smallest absolute Gasteiger partial charge is 0.361 e. The van der Waals surface area contributed by atoms with E-state index in [1.54, 1.807) is 22.3 Å². The summed E-state index contributed by atoms with van der Waals surface area (Å²) in [7, 11) is 0. The van der Waals surface area contributed by atoms with Crippen LogP contribution in [0.25, 0.3) is 139 Å². The van der Waals surface area contributed by atoms with Crippen molar-refractivity contribution in [3.05, 3.63) is 364 Å². The number of fused-ring (bicyclic) bond motifs is 15. The Morgan fingerprint density at radius 2 is 0.489 bits per heavy atom. The molecule has 1 aromatic heterocycles. The number of para-hydroxylation sites is 1. The quantitative estimate of drug-likeness (QED) is 0.0298. The Hall–Kier alpha value is -11.9. The van der Waals surface area contributed by atoms with Crippen LogP contribution >= 0.6 is 0 Å². The second kappa shape index (κ2) is 40.4. The molecule has 0 fully saturated rings. The number of rotatable bonds is 39. The predicted octanol–water partition coefficient (Wildman–Crippen LogP) is 34.4. The van der Waals surface area contributed by atoms with Crippen molar-refractivity contribution < 1.29 is 10.0 Å². The SMILES string of the molecule is CCCCCCCCC1(CCCCCCCC)c2ccccc2-c2ccc(-c3ccc4c(c3)C(C)(C)c3cc(-c5cc(C)c(-c6ccc7c(c6)c6cc(-c8c(C)cc(-c9ccc%10c(c9)C(C)(C)c9cc(-c%11ccc%12c(c%11)C(CCCCCCCC)(CCCCCCCC)c%11ccccc%11-%12)ccc9-%10)cc8C)ccc6n7-c6c(B(O)c7ccccc7)cccc6B(O)c6ccccc6)c(C)c5)ccc3-4)cc21. The molecule has 1 heterocycles. The van der Waals surface area contributed by atoms with Gasteiger partial charge in [0.25, 0.3) is 0 Å². The first-order chi connectivity index (χ1) is 67.8. The van der Waals surface area contributed by atoms with Crippen LogP contribution in [0.2, 0.25) is 0 Å². The highest BCUT2D eigenvalue weighted by atomic mass is 16.2. The number of aromatic nitrogens is 1. The standard InChI is InChI=1S/C134H143B2NO2/c1-13-17-21-25-29-43-74-133(75-44-30-26-22-18-14-2)116-54-41-39-52-106(116)112-70-60-96(88-122(112)133)94-58-66-108-110-68-62-98(86-120(110)131(9,10)118(108)84-94)102-78-90(5)128(91(6)79-102)100-64-72-126-114(82-100)115-83-101(65-73-127(115)137(126)130-124(135(138)104-48-35-33-36-49-104)56-47-57-125(130)136(139)105-50-37-34-38-51-105)129-92(7)80-103(81-93(129)8)99-63-69-111-109-67-59-95(85-119(109)132(11,12)121(111)87-99)97-61-71-113-107-53-40-42-55-117(107)134(123(113)89-97,76-45-31-27-23-19-15-3)77-46-32-28-24-20-16-4/h33-42,47-73,78-89,138-139H,13-32,43-46,74-77H2,1-12H3. The number of aryl methyl sites for hydroxylation is 4. The zero-order valence-electron chi connectivity index (χ0n) is 85.1. The van der Waals surface area contributed by atoms with Gasteiger partial charge in [0.1, 0.15) is 0 Å². The lowest BCUT2D eigenvalue weighted by molar-refractivity contribution is 0.398. The topological polar surface area (TPSA) is 45.4 Å². The molecule has 20 rings (SSSR count). The number of nitrogens with zero attached hydrogens (tertiary/aromatic N) is 1. The molecule has 0 saturated carbocycles. The highest BCUT2D eigenvalue weighted by Crippen LogP contribution is 2.60. The molecule has 0 spiro atoms. The van der Waals surface area contributed by atoms with Crippen molar-refractivity contribution in [1.82, 2.24) is 4.57 Å². The van der Waals surface area contributed by atoms with Gasteiger partial charge in [-0.05, 0) is 314 Å². The van der Waals surface area contributed by atoms with E-state index < -0.39 is 13.8 Å². The highest BCUT2D eigenvalue weighted by molar-refractivity contribution is 6.83. The van der Waals surface area contributed by atoms with Crippen LogP contribution in [0, 0.1) is 27.7 Å². The van der Waals surface area contributed by atoms with Gasteiger partial charge < -0.3 is 14.6 Å². The lowest BCUT2D eigenvalue weighted by Gasteiger charge is -2.33. The molecule has 0 aliphatic heterocycles. The Morgan fingerprint density at radius 3 is 0.806 bits per heavy atom. The maximum Gasteiger partial charge on any atom is 0.361 e. The summed E-state index contributed by atoms with van der Waals surface area (Å²) in [4.78, 5) is 0. The van der Waals surface area contributed by atoms with Crippen LogP contribution in [0.3, 0.4) is 0 Å². The fraction of sp³-hybridized carbons (Fsp3) is 0.328. The van der Waals surface area contributed by atoms with E-state index in [0.717, 1.165) is 49.5 Å². The van der Waals surface area contributed by atoms with Crippen LogP contribution in [0.15, 0.2) is 297 Å². The van der Waals surface area contributed by atoms with Crippen molar-refractivity contribution in [3.63, 3.8) is 0 Å². The van der Waals surface area contributed by atoms with E-state index in [0.29, 0.717) is 10.9 Å². The molecule has 0 saturated heterocycles. The van der Waals surface area contributed by atoms with E-state index in [2.05, 4.69) is 306 Å². The van der Waals surface area contributed by atoms with Crippen molar-refractivity contribution in [3.8, 4) is 117 Å². The van der Waals surface area contributed by atoms with Gasteiger partial charge in [-0.2, -0.15) is 0 Å². The Labute approximate surface area is 831 Å². The molecule has 2 N–H and O–H groups in total. The van der Waals surface area contributed by atoms with Crippen molar-refractivity contribution in [2.24, 2.45) is 0 Å². The lowest BCUT2D eigenvalue weighted by Crippen LogP contribution is -2.51. The van der Waals surface area contributed by atoms with Crippen LogP contribution in [-0.2, 0) is 21.7 Å². The van der Waals surface area contributed by atoms with Crippen molar-refractivity contribution >= 4 is 57.5 Å². The number of hydrogen-bond donors (Lipinski definition) is 2. The number of hydrogen-bond acceptors (Lipinski definition) is 2. The minimum atomic E-state index is -1.00. The molecule has 4 aliphatic carbocycles. The summed E-state index contributed by atoms with van der Waals surface area (Å²) in [5.41, 5.74) is 47.9. The lowest BCUT2D eigenvalue weighted by atomic mass is 9.50. The molecule has 0 radical (unpaired) electrons. The fourth-order valence-electron chi connectivity index (χ4n) is 26.3. The van der Waals surface area contributed by atoms with Crippen LogP contribution in [0.1, 0.15) is 302 Å². The Morgan fingerprint density at radius 1 is 0.230 bits per heavy atom. The molecule has 15 aromatic carbocycles. The zero-order chi connectivity index (χ0) is 95.9. The van der Waals surface area contributed by atoms with Gasteiger partial charge in [-0.3, -0.25) is 0 Å². The third-order valence-corrected chi connectivity index (χ3v) is 33.6. The molecule has 5 heteroatoms. The van der Waals surface area contributed by atoms with Gasteiger partial charge in [-0.1, -0.05) is 446 Å². The first-order valence-electron chi connectivity index (χ1n) is 53.8. The van der Waals surface area contributed by atoms with E-state index >= 15 is 0 Å². The fourth-order valence-corrected chi connectivity index (χ4v) is 26.3. The first-order valence-corrected chi connectivity index (χ1v) is 53.8. The normalized spacial score (nSPS) is 14.0. The van der Waals surface area contributed by atoms with Crippen LogP contribution in [0.5, 0.6) is 0 Å².